The first-order valence-electron chi connectivity index (χ1n) is 12.6. The summed E-state index contributed by atoms with van der Waals surface area (Å²) in [6.07, 6.45) is 4.08. The third kappa shape index (κ3) is 8.08. The molecule has 0 saturated heterocycles. The molecule has 0 radical (unpaired) electrons. The van der Waals surface area contributed by atoms with Gasteiger partial charge in [-0.1, -0.05) is 92.1 Å². The van der Waals surface area contributed by atoms with Crippen LogP contribution in [0, 0.1) is 0 Å². The van der Waals surface area contributed by atoms with Gasteiger partial charge in [-0.15, -0.1) is 0 Å². The highest BCUT2D eigenvalue weighted by Gasteiger charge is 2.34. The van der Waals surface area contributed by atoms with E-state index in [0.29, 0.717) is 23.4 Å². The van der Waals surface area contributed by atoms with Crippen LogP contribution in [0.2, 0.25) is 0 Å². The highest BCUT2D eigenvalue weighted by Crippen LogP contribution is 2.39. The van der Waals surface area contributed by atoms with Crippen molar-refractivity contribution in [2.75, 3.05) is 20.2 Å². The fraction of sp³-hybridized carbons (Fsp3) is 0.333. The minimum atomic E-state index is -1.13. The molecule has 7 nitrogen and oxygen atoms in total. The number of carboxylic acid groups (broad SMARTS) is 1. The Morgan fingerprint density at radius 3 is 2.08 bits per heavy atom. The first-order valence-corrected chi connectivity index (χ1v) is 12.6. The van der Waals surface area contributed by atoms with Crippen molar-refractivity contribution in [2.24, 2.45) is 0 Å². The summed E-state index contributed by atoms with van der Waals surface area (Å²) in [6.45, 7) is 0.688. The number of aliphatic hydroxyl groups is 1. The third-order valence-corrected chi connectivity index (χ3v) is 6.77. The quantitative estimate of drug-likeness (QED) is 0.332. The van der Waals surface area contributed by atoms with Crippen LogP contribution < -0.4 is 15.4 Å². The fourth-order valence-corrected chi connectivity index (χ4v) is 4.74. The van der Waals surface area contributed by atoms with Crippen molar-refractivity contribution in [2.45, 2.75) is 43.6 Å². The Kier molecular flexibility index (Phi) is 10.5. The van der Waals surface area contributed by atoms with Gasteiger partial charge in [-0.3, -0.25) is 4.79 Å². The van der Waals surface area contributed by atoms with E-state index in [2.05, 4.69) is 34.9 Å². The zero-order valence-corrected chi connectivity index (χ0v) is 21.2. The van der Waals surface area contributed by atoms with Crippen LogP contribution in [0.25, 0.3) is 0 Å². The molecule has 1 aliphatic rings. The normalized spacial score (nSPS) is 14.9. The van der Waals surface area contributed by atoms with Crippen LogP contribution in [0.4, 0.5) is 4.79 Å². The number of carbonyl (C=O) groups excluding carboxylic acids is 1. The standard InChI is InChI=1S/C21H25NO2.C9H11NO3/c1-24-19-13-7-6-12-18(19)20(23)22-16-21(14-8-3-9-15-21)17-10-4-2-5-11-17;11-8(6-10-9(12)13)7-4-2-1-3-5-7/h2,4-7,10-13H,3,8-9,14-16H2,1H3,(H,22,23);1-5,8,10-11H,6H2,(H,12,13). The van der Waals surface area contributed by atoms with E-state index in [0.717, 1.165) is 12.8 Å². The number of rotatable bonds is 8. The van der Waals surface area contributed by atoms with Crippen LogP contribution >= 0.6 is 0 Å². The van der Waals surface area contributed by atoms with E-state index >= 15 is 0 Å². The molecule has 0 aromatic heterocycles. The number of aliphatic hydroxyl groups excluding tert-OH is 1. The molecule has 1 aliphatic carbocycles. The lowest BCUT2D eigenvalue weighted by atomic mass is 9.69. The van der Waals surface area contributed by atoms with Crippen LogP contribution in [0.1, 0.15) is 59.7 Å². The summed E-state index contributed by atoms with van der Waals surface area (Å²) in [5.41, 5.74) is 2.69. The lowest BCUT2D eigenvalue weighted by molar-refractivity contribution is 0.0933. The molecular formula is C30H36N2O5. The smallest absolute Gasteiger partial charge is 0.404 e. The summed E-state index contributed by atoms with van der Waals surface area (Å²) in [7, 11) is 1.60. The van der Waals surface area contributed by atoms with E-state index < -0.39 is 12.2 Å². The van der Waals surface area contributed by atoms with Crippen molar-refractivity contribution < 1.29 is 24.5 Å². The van der Waals surface area contributed by atoms with Gasteiger partial charge in [-0.25, -0.2) is 4.79 Å². The van der Waals surface area contributed by atoms with Gasteiger partial charge in [0.15, 0.2) is 0 Å². The summed E-state index contributed by atoms with van der Waals surface area (Å²) in [4.78, 5) is 22.8. The predicted octanol–water partition coefficient (Wildman–Crippen LogP) is 5.31. The van der Waals surface area contributed by atoms with Gasteiger partial charge in [0.2, 0.25) is 0 Å². The molecule has 2 amide bonds. The molecule has 1 fully saturated rings. The maximum atomic E-state index is 12.6. The molecule has 3 aromatic rings. The number of amides is 2. The van der Waals surface area contributed by atoms with Crippen molar-refractivity contribution in [1.82, 2.24) is 10.6 Å². The van der Waals surface area contributed by atoms with Gasteiger partial charge >= 0.3 is 6.09 Å². The van der Waals surface area contributed by atoms with Gasteiger partial charge in [0.25, 0.3) is 5.91 Å². The Morgan fingerprint density at radius 2 is 1.46 bits per heavy atom. The van der Waals surface area contributed by atoms with Crippen LogP contribution in [0.15, 0.2) is 84.9 Å². The molecule has 4 N–H and O–H groups in total. The molecule has 196 valence electrons. The van der Waals surface area contributed by atoms with Crippen LogP contribution in [-0.2, 0) is 5.41 Å². The minimum Gasteiger partial charge on any atom is -0.496 e. The van der Waals surface area contributed by atoms with Crippen LogP contribution in [-0.4, -0.2) is 42.4 Å². The number of ether oxygens (including phenoxy) is 1. The van der Waals surface area contributed by atoms with Crippen molar-refractivity contribution >= 4 is 12.0 Å². The second kappa shape index (κ2) is 14.0. The second-order valence-corrected chi connectivity index (χ2v) is 9.20. The van der Waals surface area contributed by atoms with E-state index in [1.807, 2.05) is 36.4 Å². The fourth-order valence-electron chi connectivity index (χ4n) is 4.74. The summed E-state index contributed by atoms with van der Waals surface area (Å²) < 4.78 is 5.31. The van der Waals surface area contributed by atoms with Crippen molar-refractivity contribution in [3.8, 4) is 5.75 Å². The van der Waals surface area contributed by atoms with Gasteiger partial charge in [0.1, 0.15) is 5.75 Å². The SMILES string of the molecule is COc1ccccc1C(=O)NCC1(c2ccccc2)CCCCC1.O=C(O)NCC(O)c1ccccc1. The first kappa shape index (κ1) is 27.7. The van der Waals surface area contributed by atoms with Gasteiger partial charge in [-0.05, 0) is 36.1 Å². The maximum Gasteiger partial charge on any atom is 0.404 e. The first-order chi connectivity index (χ1) is 17.9. The zero-order chi connectivity index (χ0) is 26.5. The third-order valence-electron chi connectivity index (χ3n) is 6.77. The molecule has 37 heavy (non-hydrogen) atoms. The lowest BCUT2D eigenvalue weighted by Gasteiger charge is -2.38. The zero-order valence-electron chi connectivity index (χ0n) is 21.2. The lowest BCUT2D eigenvalue weighted by Crippen LogP contribution is -2.42. The van der Waals surface area contributed by atoms with E-state index in [1.165, 1.54) is 24.8 Å². The predicted molar refractivity (Wildman–Crippen MR) is 144 cm³/mol. The average Bonchev–Trinajstić information content (AvgIpc) is 2.96. The number of para-hydroxylation sites is 1. The van der Waals surface area contributed by atoms with Crippen LogP contribution in [0.3, 0.4) is 0 Å². The topological polar surface area (TPSA) is 108 Å². The molecule has 0 bridgehead atoms. The van der Waals surface area contributed by atoms with Gasteiger partial charge in [0.05, 0.1) is 25.3 Å². The molecule has 0 aliphatic heterocycles. The van der Waals surface area contributed by atoms with Crippen LogP contribution in [0.5, 0.6) is 5.75 Å². The Labute approximate surface area is 218 Å². The second-order valence-electron chi connectivity index (χ2n) is 9.20. The highest BCUT2D eigenvalue weighted by molar-refractivity contribution is 5.96. The summed E-state index contributed by atoms with van der Waals surface area (Å²) >= 11 is 0. The number of carbonyl (C=O) groups is 2. The number of hydrogen-bond acceptors (Lipinski definition) is 4. The minimum absolute atomic E-state index is 0.0132. The number of hydrogen-bond donors (Lipinski definition) is 4. The average molecular weight is 505 g/mol. The molecule has 3 aromatic carbocycles. The molecular weight excluding hydrogens is 468 g/mol. The summed E-state index contributed by atoms with van der Waals surface area (Å²) in [6, 6.07) is 26.9. The summed E-state index contributed by atoms with van der Waals surface area (Å²) in [5.74, 6) is 0.556. The summed E-state index contributed by atoms with van der Waals surface area (Å²) in [5, 5.41) is 23.0. The molecule has 1 unspecified atom stereocenters. The molecule has 0 spiro atoms. The highest BCUT2D eigenvalue weighted by atomic mass is 16.5. The molecule has 4 rings (SSSR count). The largest absolute Gasteiger partial charge is 0.496 e. The number of benzene rings is 3. The van der Waals surface area contributed by atoms with Crippen molar-refractivity contribution in [1.29, 1.82) is 0 Å². The maximum absolute atomic E-state index is 12.6. The Balaban J connectivity index is 0.000000248. The monoisotopic (exact) mass is 504 g/mol. The molecule has 1 atom stereocenters. The van der Waals surface area contributed by atoms with E-state index in [9.17, 15) is 14.7 Å². The van der Waals surface area contributed by atoms with E-state index in [1.54, 1.807) is 31.4 Å². The Hall–Kier alpha value is -3.84. The van der Waals surface area contributed by atoms with E-state index in [-0.39, 0.29) is 17.9 Å². The molecule has 7 heteroatoms. The number of methoxy groups -OCH3 is 1. The van der Waals surface area contributed by atoms with Gasteiger partial charge in [0, 0.05) is 12.0 Å². The Morgan fingerprint density at radius 1 is 0.865 bits per heavy atom. The molecule has 0 heterocycles. The van der Waals surface area contributed by atoms with Gasteiger partial charge < -0.3 is 25.6 Å². The van der Waals surface area contributed by atoms with Crippen molar-refractivity contribution in [3.05, 3.63) is 102 Å². The van der Waals surface area contributed by atoms with Gasteiger partial charge in [-0.2, -0.15) is 0 Å². The van der Waals surface area contributed by atoms with E-state index in [4.69, 9.17) is 9.84 Å². The Bertz CT molecular complexity index is 1120. The van der Waals surface area contributed by atoms with Crippen molar-refractivity contribution in [3.63, 3.8) is 0 Å². The molecule has 1 saturated carbocycles. The number of nitrogens with one attached hydrogen (secondary N) is 2.